The molecule has 0 saturated heterocycles. The minimum atomic E-state index is 0.597. The Balaban J connectivity index is 2.53. The zero-order valence-corrected chi connectivity index (χ0v) is 13.7. The summed E-state index contributed by atoms with van der Waals surface area (Å²) in [5, 5.41) is 0. The van der Waals surface area contributed by atoms with Crippen molar-refractivity contribution in [3.8, 4) is 28.5 Å². The van der Waals surface area contributed by atoms with Crippen LogP contribution in [0.4, 0.5) is 0 Å². The predicted molar refractivity (Wildman–Crippen MR) is 87.9 cm³/mol. The molecule has 2 rings (SSSR count). The number of ether oxygens (including phenoxy) is 3. The van der Waals surface area contributed by atoms with E-state index in [4.69, 9.17) is 14.2 Å². The fourth-order valence-corrected chi connectivity index (χ4v) is 2.49. The van der Waals surface area contributed by atoms with Gasteiger partial charge in [0.2, 0.25) is 5.75 Å². The monoisotopic (exact) mass is 301 g/mol. The lowest BCUT2D eigenvalue weighted by Gasteiger charge is -2.15. The fourth-order valence-electron chi connectivity index (χ4n) is 2.49. The summed E-state index contributed by atoms with van der Waals surface area (Å²) in [6.07, 6.45) is 5.12. The maximum absolute atomic E-state index is 5.43. The van der Waals surface area contributed by atoms with Gasteiger partial charge in [-0.15, -0.1) is 0 Å². The third-order valence-electron chi connectivity index (χ3n) is 3.63. The Kier molecular flexibility index (Phi) is 5.64. The van der Waals surface area contributed by atoms with Crippen LogP contribution in [0.15, 0.2) is 30.5 Å². The van der Waals surface area contributed by atoms with Crippen LogP contribution in [0.2, 0.25) is 0 Å². The summed E-state index contributed by atoms with van der Waals surface area (Å²) in [4.78, 5) is 4.56. The second-order valence-corrected chi connectivity index (χ2v) is 5.03. The lowest BCUT2D eigenvalue weighted by Crippen LogP contribution is -1.98. The molecule has 0 saturated carbocycles. The first-order valence-corrected chi connectivity index (χ1v) is 7.49. The molecule has 0 aliphatic heterocycles. The van der Waals surface area contributed by atoms with Crippen LogP contribution >= 0.6 is 0 Å². The predicted octanol–water partition coefficient (Wildman–Crippen LogP) is 4.12. The Hall–Kier alpha value is -2.23. The van der Waals surface area contributed by atoms with Crippen LogP contribution < -0.4 is 14.2 Å². The Morgan fingerprint density at radius 1 is 1.00 bits per heavy atom. The molecule has 1 heterocycles. The highest BCUT2D eigenvalue weighted by Crippen LogP contribution is 2.41. The largest absolute Gasteiger partial charge is 0.493 e. The Morgan fingerprint density at radius 3 is 2.23 bits per heavy atom. The van der Waals surface area contributed by atoms with Crippen LogP contribution in [0.25, 0.3) is 11.3 Å². The first-order valence-electron chi connectivity index (χ1n) is 7.49. The number of methoxy groups -OCH3 is 3. The van der Waals surface area contributed by atoms with E-state index in [0.29, 0.717) is 17.2 Å². The van der Waals surface area contributed by atoms with Crippen molar-refractivity contribution in [2.45, 2.75) is 26.2 Å². The van der Waals surface area contributed by atoms with Gasteiger partial charge >= 0.3 is 0 Å². The van der Waals surface area contributed by atoms with Gasteiger partial charge in [0.1, 0.15) is 0 Å². The smallest absolute Gasteiger partial charge is 0.203 e. The summed E-state index contributed by atoms with van der Waals surface area (Å²) in [6, 6.07) is 7.99. The molecule has 118 valence electrons. The third kappa shape index (κ3) is 3.32. The van der Waals surface area contributed by atoms with E-state index < -0.39 is 0 Å². The van der Waals surface area contributed by atoms with Gasteiger partial charge in [-0.2, -0.15) is 0 Å². The number of aryl methyl sites for hydroxylation is 1. The van der Waals surface area contributed by atoms with Crippen molar-refractivity contribution >= 4 is 0 Å². The highest BCUT2D eigenvalue weighted by atomic mass is 16.5. The molecule has 0 bridgehead atoms. The molecule has 0 aliphatic rings. The second kappa shape index (κ2) is 7.69. The molecule has 1 aromatic carbocycles. The van der Waals surface area contributed by atoms with Crippen molar-refractivity contribution in [2.24, 2.45) is 0 Å². The molecule has 1 aromatic heterocycles. The SMILES string of the molecule is CCCCc1cccnc1-c1cc(OC)c(OC)c(OC)c1. The van der Waals surface area contributed by atoms with Gasteiger partial charge in [-0.1, -0.05) is 19.4 Å². The third-order valence-corrected chi connectivity index (χ3v) is 3.63. The summed E-state index contributed by atoms with van der Waals surface area (Å²) in [5.74, 6) is 1.88. The molecular formula is C18H23NO3. The minimum Gasteiger partial charge on any atom is -0.493 e. The highest BCUT2D eigenvalue weighted by molar-refractivity contribution is 5.70. The standard InChI is InChI=1S/C18H23NO3/c1-5-6-8-13-9-7-10-19-17(13)14-11-15(20-2)18(22-4)16(12-14)21-3/h7,9-12H,5-6,8H2,1-4H3. The molecule has 0 fully saturated rings. The highest BCUT2D eigenvalue weighted by Gasteiger charge is 2.16. The first kappa shape index (κ1) is 16.1. The minimum absolute atomic E-state index is 0.597. The van der Waals surface area contributed by atoms with Gasteiger partial charge in [0.25, 0.3) is 0 Å². The normalized spacial score (nSPS) is 10.4. The number of pyridine rings is 1. The molecular weight excluding hydrogens is 278 g/mol. The van der Waals surface area contributed by atoms with Crippen LogP contribution in [0, 0.1) is 0 Å². The maximum atomic E-state index is 5.43. The van der Waals surface area contributed by atoms with E-state index >= 15 is 0 Å². The molecule has 4 nitrogen and oxygen atoms in total. The lowest BCUT2D eigenvalue weighted by molar-refractivity contribution is 0.324. The van der Waals surface area contributed by atoms with E-state index in [-0.39, 0.29) is 0 Å². The Bertz CT molecular complexity index is 600. The number of aromatic nitrogens is 1. The van der Waals surface area contributed by atoms with Gasteiger partial charge in [-0.25, -0.2) is 0 Å². The van der Waals surface area contributed by atoms with Gasteiger partial charge in [0.05, 0.1) is 27.0 Å². The topological polar surface area (TPSA) is 40.6 Å². The van der Waals surface area contributed by atoms with E-state index in [2.05, 4.69) is 18.0 Å². The molecule has 0 N–H and O–H groups in total. The second-order valence-electron chi connectivity index (χ2n) is 5.03. The fraction of sp³-hybridized carbons (Fsp3) is 0.389. The van der Waals surface area contributed by atoms with E-state index in [1.54, 1.807) is 21.3 Å². The quantitative estimate of drug-likeness (QED) is 0.771. The Labute approximate surface area is 132 Å². The van der Waals surface area contributed by atoms with Gasteiger partial charge in [0, 0.05) is 11.8 Å². The van der Waals surface area contributed by atoms with Crippen LogP contribution in [0.1, 0.15) is 25.3 Å². The van der Waals surface area contributed by atoms with E-state index in [0.717, 1.165) is 30.5 Å². The van der Waals surface area contributed by atoms with Gasteiger partial charge in [-0.3, -0.25) is 4.98 Å². The number of unbranched alkanes of at least 4 members (excludes halogenated alkanes) is 1. The number of hydrogen-bond acceptors (Lipinski definition) is 4. The van der Waals surface area contributed by atoms with Crippen molar-refractivity contribution in [3.05, 3.63) is 36.0 Å². The molecule has 0 unspecified atom stereocenters. The summed E-state index contributed by atoms with van der Waals surface area (Å²) in [6.45, 7) is 2.19. The van der Waals surface area contributed by atoms with Crippen molar-refractivity contribution < 1.29 is 14.2 Å². The summed E-state index contributed by atoms with van der Waals surface area (Å²) >= 11 is 0. The first-order chi connectivity index (χ1) is 10.7. The molecule has 2 aromatic rings. The summed E-state index contributed by atoms with van der Waals surface area (Å²) in [5.41, 5.74) is 3.18. The molecule has 22 heavy (non-hydrogen) atoms. The molecule has 0 spiro atoms. The molecule has 0 radical (unpaired) electrons. The van der Waals surface area contributed by atoms with Crippen LogP contribution in [0.5, 0.6) is 17.2 Å². The van der Waals surface area contributed by atoms with Gasteiger partial charge < -0.3 is 14.2 Å². The number of nitrogens with zero attached hydrogens (tertiary/aromatic N) is 1. The number of rotatable bonds is 7. The average Bonchev–Trinajstić information content (AvgIpc) is 2.58. The zero-order chi connectivity index (χ0) is 15.9. The molecule has 0 atom stereocenters. The molecule has 0 amide bonds. The summed E-state index contributed by atoms with van der Waals surface area (Å²) in [7, 11) is 4.85. The number of hydrogen-bond donors (Lipinski definition) is 0. The van der Waals surface area contributed by atoms with E-state index in [1.165, 1.54) is 5.56 Å². The number of benzene rings is 1. The van der Waals surface area contributed by atoms with Crippen LogP contribution in [-0.4, -0.2) is 26.3 Å². The van der Waals surface area contributed by atoms with Crippen molar-refractivity contribution in [1.29, 1.82) is 0 Å². The van der Waals surface area contributed by atoms with Gasteiger partial charge in [-0.05, 0) is 36.6 Å². The van der Waals surface area contributed by atoms with Crippen molar-refractivity contribution in [1.82, 2.24) is 4.98 Å². The lowest BCUT2D eigenvalue weighted by atomic mass is 10.0. The van der Waals surface area contributed by atoms with E-state index in [9.17, 15) is 0 Å². The van der Waals surface area contributed by atoms with Crippen molar-refractivity contribution in [3.63, 3.8) is 0 Å². The van der Waals surface area contributed by atoms with Crippen LogP contribution in [-0.2, 0) is 6.42 Å². The van der Waals surface area contributed by atoms with Gasteiger partial charge in [0.15, 0.2) is 11.5 Å². The van der Waals surface area contributed by atoms with Crippen LogP contribution in [0.3, 0.4) is 0 Å². The maximum Gasteiger partial charge on any atom is 0.203 e. The average molecular weight is 301 g/mol. The Morgan fingerprint density at radius 2 is 1.68 bits per heavy atom. The molecule has 0 aliphatic carbocycles. The molecule has 4 heteroatoms. The summed E-state index contributed by atoms with van der Waals surface area (Å²) < 4.78 is 16.2. The van der Waals surface area contributed by atoms with Crippen molar-refractivity contribution in [2.75, 3.05) is 21.3 Å². The van der Waals surface area contributed by atoms with E-state index in [1.807, 2.05) is 24.4 Å². The zero-order valence-electron chi connectivity index (χ0n) is 13.7.